The van der Waals surface area contributed by atoms with Gasteiger partial charge in [-0.15, -0.1) is 0 Å². The summed E-state index contributed by atoms with van der Waals surface area (Å²) in [6.07, 6.45) is -20.1. The number of amides is 3. The van der Waals surface area contributed by atoms with Gasteiger partial charge in [-0.25, -0.2) is 0 Å². The third-order valence-corrected chi connectivity index (χ3v) is 12.7. The van der Waals surface area contributed by atoms with Gasteiger partial charge in [0.15, 0.2) is 18.9 Å². The number of carbonyl (C=O) groups excluding carboxylic acids is 3. The highest BCUT2D eigenvalue weighted by Gasteiger charge is 2.46. The second-order valence-corrected chi connectivity index (χ2v) is 19.4. The summed E-state index contributed by atoms with van der Waals surface area (Å²) in [6.45, 7) is 3.02. The van der Waals surface area contributed by atoms with Crippen LogP contribution in [0.3, 0.4) is 0 Å². The predicted molar refractivity (Wildman–Crippen MR) is 278 cm³/mol. The molecule has 3 fully saturated rings. The molecule has 15 atom stereocenters. The van der Waals surface area contributed by atoms with Gasteiger partial charge in [0.1, 0.15) is 78.8 Å². The van der Waals surface area contributed by atoms with Crippen molar-refractivity contribution in [1.29, 1.82) is 0 Å². The standard InChI is InChI=1S/C50H93N3O30/c1-50(30-75-10-4-36(58)52-7-13-70-16-19-73-22-25-78-48-45(67)42(64)39(61)33(28-55)82-48,31-76-11-5-37(59)53-8-14-71-17-20-74-23-26-79-49-46(68)43(65)40(62)34(29-56)83-49)80-9-2-3-35(57)51-6-12-69-15-18-72-21-24-77-47-44(66)41(63)38(60)32(27-54)81-47/h32-34,38-49,54-56,60-68H,2-31H2,1H3,(H,51,57)(H,52,58)(H,53,59)/t32?,33?,34?,38-,39-,40-,41+,42+,43+,44?,45?,46?,47+,48+,49+,50?/m1/s1. The Kier molecular flexibility index (Phi) is 39.4. The van der Waals surface area contributed by atoms with Crippen LogP contribution in [0.1, 0.15) is 32.6 Å². The van der Waals surface area contributed by atoms with E-state index in [2.05, 4.69) is 16.0 Å². The molecule has 15 N–H and O–H groups in total. The van der Waals surface area contributed by atoms with Crippen LogP contribution in [0, 0.1) is 0 Å². The molecule has 3 amide bonds. The second kappa shape index (κ2) is 43.9. The van der Waals surface area contributed by atoms with E-state index in [0.717, 1.165) is 0 Å². The lowest BCUT2D eigenvalue weighted by atomic mass is 9.99. The Balaban J connectivity index is 1.26. The van der Waals surface area contributed by atoms with Gasteiger partial charge in [-0.3, -0.25) is 14.4 Å². The summed E-state index contributed by atoms with van der Waals surface area (Å²) in [5.74, 6) is -0.821. The lowest BCUT2D eigenvalue weighted by molar-refractivity contribution is -0.302. The van der Waals surface area contributed by atoms with Gasteiger partial charge in [0.2, 0.25) is 17.7 Å². The molecular weight excluding hydrogens is 1120 g/mol. The molecule has 83 heavy (non-hydrogen) atoms. The van der Waals surface area contributed by atoms with Crippen LogP contribution in [0.25, 0.3) is 0 Å². The Morgan fingerprint density at radius 1 is 0.361 bits per heavy atom. The Bertz CT molecular complexity index is 1500. The zero-order valence-corrected chi connectivity index (χ0v) is 47.1. The number of aliphatic hydroxyl groups is 12. The molecule has 0 saturated carbocycles. The van der Waals surface area contributed by atoms with E-state index < -0.39 is 118 Å². The monoisotopic (exact) mass is 1220 g/mol. The molecule has 488 valence electrons. The van der Waals surface area contributed by atoms with Gasteiger partial charge in [0.05, 0.1) is 145 Å². The Labute approximate surface area is 481 Å². The number of ether oxygens (including phenoxy) is 15. The maximum absolute atomic E-state index is 12.5. The minimum Gasteiger partial charge on any atom is -0.394 e. The molecule has 33 nitrogen and oxygen atoms in total. The van der Waals surface area contributed by atoms with Gasteiger partial charge in [0.25, 0.3) is 0 Å². The lowest BCUT2D eigenvalue weighted by Crippen LogP contribution is -2.59. The quantitative estimate of drug-likeness (QED) is 0.0252. The van der Waals surface area contributed by atoms with E-state index in [1.807, 2.05) is 0 Å². The smallest absolute Gasteiger partial charge is 0.222 e. The van der Waals surface area contributed by atoms with Crippen molar-refractivity contribution in [2.24, 2.45) is 0 Å². The molecule has 3 rings (SSSR count). The fourth-order valence-corrected chi connectivity index (χ4v) is 7.89. The first-order valence-corrected chi connectivity index (χ1v) is 27.8. The van der Waals surface area contributed by atoms with Crippen molar-refractivity contribution in [3.05, 3.63) is 0 Å². The van der Waals surface area contributed by atoms with Crippen LogP contribution < -0.4 is 16.0 Å². The van der Waals surface area contributed by atoms with E-state index in [0.29, 0.717) is 6.42 Å². The molecule has 0 spiro atoms. The van der Waals surface area contributed by atoms with E-state index in [9.17, 15) is 75.7 Å². The van der Waals surface area contributed by atoms with E-state index in [-0.39, 0.29) is 189 Å². The Morgan fingerprint density at radius 3 is 0.964 bits per heavy atom. The fourth-order valence-electron chi connectivity index (χ4n) is 7.89. The SMILES string of the molecule is CC(COCCC(=O)NCCOCCOCCO[C@H]1OC(CO)[C@@H](O)[C@H](O)C1O)(COCCC(=O)NCCOCCOCCO[C@H]1OC(CO)[C@@H](O)[C@H](O)C1O)OCCCC(=O)NCCOCCOCCO[C@H]1OC(CO)[C@@H](O)[C@H](O)C1O. The highest BCUT2D eigenvalue weighted by Crippen LogP contribution is 2.24. The molecule has 3 saturated heterocycles. The molecule has 0 aromatic heterocycles. The molecule has 0 aromatic rings. The number of nitrogens with one attached hydrogen (secondary N) is 3. The van der Waals surface area contributed by atoms with Gasteiger partial charge in [0, 0.05) is 45.5 Å². The first-order chi connectivity index (χ1) is 40.0. The van der Waals surface area contributed by atoms with Crippen LogP contribution in [-0.4, -0.2) is 348 Å². The number of rotatable bonds is 48. The molecule has 0 aromatic carbocycles. The molecule has 0 aliphatic carbocycles. The van der Waals surface area contributed by atoms with Crippen molar-refractivity contribution in [2.45, 2.75) is 130 Å². The molecule has 0 bridgehead atoms. The lowest BCUT2D eigenvalue weighted by Gasteiger charge is -2.39. The zero-order valence-electron chi connectivity index (χ0n) is 47.1. The van der Waals surface area contributed by atoms with Gasteiger partial charge < -0.3 is 148 Å². The van der Waals surface area contributed by atoms with E-state index in [1.54, 1.807) is 6.92 Å². The van der Waals surface area contributed by atoms with Crippen molar-refractivity contribution in [2.75, 3.05) is 172 Å². The summed E-state index contributed by atoms with van der Waals surface area (Å²) >= 11 is 0. The summed E-state index contributed by atoms with van der Waals surface area (Å²) in [4.78, 5) is 37.5. The predicted octanol–water partition coefficient (Wildman–Crippen LogP) is -8.75. The molecule has 3 heterocycles. The number of aliphatic hydroxyl groups excluding tert-OH is 12. The fraction of sp³-hybridized carbons (Fsp3) is 0.940. The molecule has 3 aliphatic heterocycles. The third kappa shape index (κ3) is 29.7. The van der Waals surface area contributed by atoms with Crippen molar-refractivity contribution in [1.82, 2.24) is 16.0 Å². The molecule has 6 unspecified atom stereocenters. The zero-order chi connectivity index (χ0) is 60.8. The molecule has 0 radical (unpaired) electrons. The summed E-state index contributed by atoms with van der Waals surface area (Å²) in [5, 5.41) is 125. The second-order valence-electron chi connectivity index (χ2n) is 19.4. The first-order valence-electron chi connectivity index (χ1n) is 27.8. The van der Waals surface area contributed by atoms with Crippen LogP contribution in [0.2, 0.25) is 0 Å². The normalized spacial score (nSPS) is 29.1. The molecule has 3 aliphatic rings. The third-order valence-electron chi connectivity index (χ3n) is 12.7. The topological polar surface area (TPSA) is 469 Å². The maximum Gasteiger partial charge on any atom is 0.222 e. The molecule has 33 heteroatoms. The van der Waals surface area contributed by atoms with E-state index >= 15 is 0 Å². The maximum atomic E-state index is 12.5. The van der Waals surface area contributed by atoms with Crippen molar-refractivity contribution in [3.63, 3.8) is 0 Å². The van der Waals surface area contributed by atoms with Crippen LogP contribution in [-0.2, 0) is 85.4 Å². The largest absolute Gasteiger partial charge is 0.394 e. The van der Waals surface area contributed by atoms with Crippen LogP contribution in [0.4, 0.5) is 0 Å². The van der Waals surface area contributed by atoms with Gasteiger partial charge in [-0.05, 0) is 13.3 Å². The van der Waals surface area contributed by atoms with Crippen molar-refractivity contribution in [3.8, 4) is 0 Å². The average Bonchev–Trinajstić information content (AvgIpc) is 3.66. The molecular formula is C50H93N3O30. The average molecular weight is 1220 g/mol. The van der Waals surface area contributed by atoms with Crippen LogP contribution >= 0.6 is 0 Å². The van der Waals surface area contributed by atoms with Gasteiger partial charge >= 0.3 is 0 Å². The highest BCUT2D eigenvalue weighted by atomic mass is 16.7. The highest BCUT2D eigenvalue weighted by molar-refractivity contribution is 5.76. The summed E-state index contributed by atoms with van der Waals surface area (Å²) < 4.78 is 82.3. The minimum absolute atomic E-state index is 0.00794. The van der Waals surface area contributed by atoms with E-state index in [1.165, 1.54) is 0 Å². The Morgan fingerprint density at radius 2 is 0.651 bits per heavy atom. The minimum atomic E-state index is -1.55. The van der Waals surface area contributed by atoms with Crippen LogP contribution in [0.5, 0.6) is 0 Å². The first kappa shape index (κ1) is 74.6. The number of hydrogen-bond donors (Lipinski definition) is 15. The van der Waals surface area contributed by atoms with Gasteiger partial charge in [-0.2, -0.15) is 0 Å². The van der Waals surface area contributed by atoms with Crippen molar-refractivity contribution < 1.29 is 147 Å². The number of carbonyl (C=O) groups is 3. The Hall–Kier alpha value is -2.67. The summed E-state index contributed by atoms with van der Waals surface area (Å²) in [7, 11) is 0. The summed E-state index contributed by atoms with van der Waals surface area (Å²) in [5.41, 5.74) is -1.03. The van der Waals surface area contributed by atoms with Crippen molar-refractivity contribution >= 4 is 17.7 Å². The number of hydrogen-bond acceptors (Lipinski definition) is 30. The van der Waals surface area contributed by atoms with Gasteiger partial charge in [-0.1, -0.05) is 0 Å². The van der Waals surface area contributed by atoms with Crippen LogP contribution in [0.15, 0.2) is 0 Å². The van der Waals surface area contributed by atoms with E-state index in [4.69, 9.17) is 71.1 Å². The summed E-state index contributed by atoms with van der Waals surface area (Å²) in [6, 6.07) is 0.